The lowest BCUT2D eigenvalue weighted by Gasteiger charge is -2.07. The Kier molecular flexibility index (Phi) is 4.68. The molecule has 5 nitrogen and oxygen atoms in total. The smallest absolute Gasteiger partial charge is 0.268 e. The van der Waals surface area contributed by atoms with E-state index in [9.17, 15) is 4.79 Å². The molecule has 1 N–H and O–H groups in total. The van der Waals surface area contributed by atoms with E-state index in [0.717, 1.165) is 22.6 Å². The second kappa shape index (κ2) is 6.72. The second-order valence-corrected chi connectivity index (χ2v) is 6.72. The Morgan fingerprint density at radius 3 is 3.09 bits per heavy atom. The molecule has 0 aliphatic carbocycles. The third kappa shape index (κ3) is 3.25. The van der Waals surface area contributed by atoms with Gasteiger partial charge in [-0.15, -0.1) is 17.9 Å². The van der Waals surface area contributed by atoms with Gasteiger partial charge in [0.2, 0.25) is 0 Å². The molecule has 3 aromatic rings. The van der Waals surface area contributed by atoms with Crippen molar-refractivity contribution in [1.29, 1.82) is 0 Å². The van der Waals surface area contributed by atoms with Crippen LogP contribution in [0.1, 0.15) is 28.1 Å². The SMILES string of the molecule is C=CCn1c(C(=O)NCc2csc(CC)n2)cc2oc(Br)cc21. The molecule has 3 heterocycles. The number of fused-ring (bicyclic) bond motifs is 1. The van der Waals surface area contributed by atoms with Gasteiger partial charge in [-0.1, -0.05) is 13.0 Å². The normalized spacial score (nSPS) is 11.0. The number of furan rings is 1. The minimum absolute atomic E-state index is 0.152. The number of carbonyl (C=O) groups excluding carboxylic acids is 1. The van der Waals surface area contributed by atoms with Gasteiger partial charge in [0.25, 0.3) is 5.91 Å². The molecular formula is C16H16BrN3O2S. The number of aromatic nitrogens is 2. The summed E-state index contributed by atoms with van der Waals surface area (Å²) in [4.78, 5) is 17.0. The highest BCUT2D eigenvalue weighted by molar-refractivity contribution is 9.10. The van der Waals surface area contributed by atoms with E-state index < -0.39 is 0 Å². The Hall–Kier alpha value is -1.86. The lowest BCUT2D eigenvalue weighted by atomic mass is 10.3. The topological polar surface area (TPSA) is 60.1 Å². The number of hydrogen-bond donors (Lipinski definition) is 1. The van der Waals surface area contributed by atoms with E-state index in [1.807, 2.05) is 16.0 Å². The first-order valence-corrected chi connectivity index (χ1v) is 8.90. The molecule has 0 radical (unpaired) electrons. The summed E-state index contributed by atoms with van der Waals surface area (Å²) >= 11 is 4.92. The van der Waals surface area contributed by atoms with E-state index in [1.165, 1.54) is 0 Å². The maximum atomic E-state index is 12.5. The molecule has 0 saturated carbocycles. The van der Waals surface area contributed by atoms with Crippen molar-refractivity contribution in [2.24, 2.45) is 0 Å². The average Bonchev–Trinajstić information content (AvgIpc) is 3.21. The summed E-state index contributed by atoms with van der Waals surface area (Å²) < 4.78 is 8.06. The van der Waals surface area contributed by atoms with Crippen molar-refractivity contribution in [2.75, 3.05) is 0 Å². The van der Waals surface area contributed by atoms with Crippen LogP contribution in [0.5, 0.6) is 0 Å². The number of nitrogens with one attached hydrogen (secondary N) is 1. The zero-order valence-electron chi connectivity index (χ0n) is 12.6. The standard InChI is InChI=1S/C16H16BrN3O2S/c1-3-5-20-11-7-14(17)22-13(11)6-12(20)16(21)18-8-10-9-23-15(4-2)19-10/h3,6-7,9H,1,4-5,8H2,2H3,(H,18,21). The number of hydrogen-bond acceptors (Lipinski definition) is 4. The van der Waals surface area contributed by atoms with Crippen LogP contribution in [0.25, 0.3) is 11.1 Å². The molecular weight excluding hydrogens is 378 g/mol. The van der Waals surface area contributed by atoms with Crippen LogP contribution >= 0.6 is 27.3 Å². The molecule has 3 aromatic heterocycles. The zero-order chi connectivity index (χ0) is 16.4. The molecule has 0 unspecified atom stereocenters. The number of aryl methyl sites for hydroxylation is 1. The highest BCUT2D eigenvalue weighted by Gasteiger charge is 2.18. The average molecular weight is 394 g/mol. The van der Waals surface area contributed by atoms with Crippen LogP contribution in [0.15, 0.2) is 39.3 Å². The van der Waals surface area contributed by atoms with Crippen molar-refractivity contribution in [2.45, 2.75) is 26.4 Å². The van der Waals surface area contributed by atoms with Crippen LogP contribution in [-0.4, -0.2) is 15.5 Å². The Morgan fingerprint density at radius 2 is 2.39 bits per heavy atom. The predicted molar refractivity (Wildman–Crippen MR) is 94.8 cm³/mol. The molecule has 3 rings (SSSR count). The van der Waals surface area contributed by atoms with Crippen molar-refractivity contribution in [3.63, 3.8) is 0 Å². The summed E-state index contributed by atoms with van der Waals surface area (Å²) in [5, 5.41) is 5.97. The van der Waals surface area contributed by atoms with Crippen molar-refractivity contribution in [3.8, 4) is 0 Å². The van der Waals surface area contributed by atoms with Crippen LogP contribution < -0.4 is 5.32 Å². The van der Waals surface area contributed by atoms with Gasteiger partial charge in [0.1, 0.15) is 5.69 Å². The number of allylic oxidation sites excluding steroid dienone is 1. The number of amides is 1. The van der Waals surface area contributed by atoms with Gasteiger partial charge in [0.15, 0.2) is 10.3 Å². The van der Waals surface area contributed by atoms with Gasteiger partial charge >= 0.3 is 0 Å². The lowest BCUT2D eigenvalue weighted by molar-refractivity contribution is 0.0942. The Morgan fingerprint density at radius 1 is 1.57 bits per heavy atom. The van der Waals surface area contributed by atoms with E-state index in [1.54, 1.807) is 23.5 Å². The summed E-state index contributed by atoms with van der Waals surface area (Å²) in [6, 6.07) is 3.60. The van der Waals surface area contributed by atoms with E-state index in [2.05, 4.69) is 39.7 Å². The molecule has 23 heavy (non-hydrogen) atoms. The quantitative estimate of drug-likeness (QED) is 0.640. The van der Waals surface area contributed by atoms with Crippen LogP contribution in [0.2, 0.25) is 0 Å². The molecule has 7 heteroatoms. The zero-order valence-corrected chi connectivity index (χ0v) is 15.0. The number of thiazole rings is 1. The summed E-state index contributed by atoms with van der Waals surface area (Å²) in [6.45, 7) is 6.77. The molecule has 0 aliphatic rings. The summed E-state index contributed by atoms with van der Waals surface area (Å²) in [5.41, 5.74) is 2.97. The van der Waals surface area contributed by atoms with Gasteiger partial charge in [0, 0.05) is 24.1 Å². The van der Waals surface area contributed by atoms with Crippen LogP contribution in [0.4, 0.5) is 0 Å². The molecule has 0 saturated heterocycles. The van der Waals surface area contributed by atoms with Crippen LogP contribution in [0.3, 0.4) is 0 Å². The second-order valence-electron chi connectivity index (χ2n) is 5.00. The van der Waals surface area contributed by atoms with Gasteiger partial charge in [-0.2, -0.15) is 0 Å². The predicted octanol–water partition coefficient (Wildman–Crippen LogP) is 4.13. The summed E-state index contributed by atoms with van der Waals surface area (Å²) in [6.07, 6.45) is 2.66. The van der Waals surface area contributed by atoms with E-state index >= 15 is 0 Å². The maximum absolute atomic E-state index is 12.5. The minimum Gasteiger partial charge on any atom is -0.448 e. The van der Waals surface area contributed by atoms with Gasteiger partial charge in [-0.3, -0.25) is 4.79 Å². The van der Waals surface area contributed by atoms with Crippen molar-refractivity contribution < 1.29 is 9.21 Å². The number of nitrogens with zero attached hydrogens (tertiary/aromatic N) is 2. The van der Waals surface area contributed by atoms with E-state index in [0.29, 0.717) is 29.0 Å². The summed E-state index contributed by atoms with van der Waals surface area (Å²) in [5.74, 6) is -0.152. The van der Waals surface area contributed by atoms with Crippen LogP contribution in [-0.2, 0) is 19.5 Å². The molecule has 0 spiro atoms. The van der Waals surface area contributed by atoms with Crippen molar-refractivity contribution >= 4 is 44.3 Å². The van der Waals surface area contributed by atoms with Crippen LogP contribution in [0, 0.1) is 0 Å². The number of halogens is 1. The fourth-order valence-electron chi connectivity index (χ4n) is 2.38. The van der Waals surface area contributed by atoms with Crippen molar-refractivity contribution in [3.05, 3.63) is 51.2 Å². The Balaban J connectivity index is 1.80. The first-order valence-electron chi connectivity index (χ1n) is 7.23. The molecule has 0 aliphatic heterocycles. The first-order chi connectivity index (χ1) is 11.1. The fraction of sp³-hybridized carbons (Fsp3) is 0.250. The van der Waals surface area contributed by atoms with Crippen molar-refractivity contribution in [1.82, 2.24) is 14.9 Å². The Bertz CT molecular complexity index is 862. The molecule has 0 fully saturated rings. The lowest BCUT2D eigenvalue weighted by Crippen LogP contribution is -2.25. The highest BCUT2D eigenvalue weighted by Crippen LogP contribution is 2.27. The molecule has 0 atom stereocenters. The van der Waals surface area contributed by atoms with Gasteiger partial charge in [-0.25, -0.2) is 4.98 Å². The highest BCUT2D eigenvalue weighted by atomic mass is 79.9. The minimum atomic E-state index is -0.152. The molecule has 0 bridgehead atoms. The van der Waals surface area contributed by atoms with Gasteiger partial charge in [-0.05, 0) is 22.4 Å². The number of rotatable bonds is 6. The molecule has 120 valence electrons. The van der Waals surface area contributed by atoms with E-state index in [-0.39, 0.29) is 5.91 Å². The third-order valence-electron chi connectivity index (χ3n) is 3.44. The maximum Gasteiger partial charge on any atom is 0.268 e. The van der Waals surface area contributed by atoms with Gasteiger partial charge < -0.3 is 14.3 Å². The number of carbonyl (C=O) groups is 1. The monoisotopic (exact) mass is 393 g/mol. The Labute approximate surface area is 146 Å². The third-order valence-corrected chi connectivity index (χ3v) is 4.87. The summed E-state index contributed by atoms with van der Waals surface area (Å²) in [7, 11) is 0. The van der Waals surface area contributed by atoms with Gasteiger partial charge in [0.05, 0.1) is 22.8 Å². The molecule has 1 amide bonds. The fourth-order valence-corrected chi connectivity index (χ4v) is 3.52. The largest absolute Gasteiger partial charge is 0.448 e. The molecule has 0 aromatic carbocycles. The first kappa shape index (κ1) is 16.0. The van der Waals surface area contributed by atoms with E-state index in [4.69, 9.17) is 4.42 Å².